The summed E-state index contributed by atoms with van der Waals surface area (Å²) in [7, 11) is 1.80. The number of aliphatic hydroxyl groups excluding tert-OH is 1. The molecule has 0 aliphatic heterocycles. The Hall–Kier alpha value is -1.93. The van der Waals surface area contributed by atoms with Gasteiger partial charge in [-0.15, -0.1) is 0 Å². The molecule has 2 aromatic rings. The summed E-state index contributed by atoms with van der Waals surface area (Å²) in [4.78, 5) is 14.7. The molecule has 7 nitrogen and oxygen atoms in total. The molecule has 1 heterocycles. The zero-order chi connectivity index (χ0) is 15.6. The molecule has 112 valence electrons. The van der Waals surface area contributed by atoms with Crippen molar-refractivity contribution in [2.45, 2.75) is 19.6 Å². The number of rotatable bonds is 5. The second-order valence-corrected chi connectivity index (χ2v) is 5.44. The summed E-state index contributed by atoms with van der Waals surface area (Å²) in [5.41, 5.74) is 0.153. The Bertz CT molecular complexity index is 669. The van der Waals surface area contributed by atoms with E-state index in [0.717, 1.165) is 0 Å². The number of ether oxygens (including phenoxy) is 1. The molecule has 0 aliphatic rings. The lowest BCUT2D eigenvalue weighted by atomic mass is 10.1. The number of nitro benzene ring substituents is 1. The molecule has 0 radical (unpaired) electrons. The van der Waals surface area contributed by atoms with Gasteiger partial charge in [0.2, 0.25) is 5.75 Å². The van der Waals surface area contributed by atoms with Crippen LogP contribution in [0.4, 0.5) is 5.69 Å². The maximum absolute atomic E-state index is 11.2. The smallest absolute Gasteiger partial charge is 0.312 e. The van der Waals surface area contributed by atoms with Crippen LogP contribution in [0.5, 0.6) is 5.75 Å². The maximum Gasteiger partial charge on any atom is 0.312 e. The van der Waals surface area contributed by atoms with Crippen LogP contribution in [0.2, 0.25) is 0 Å². The molecule has 0 saturated heterocycles. The van der Waals surface area contributed by atoms with Gasteiger partial charge in [-0.2, -0.15) is 0 Å². The largest absolute Gasteiger partial charge is 0.478 e. The molecule has 2 rings (SSSR count). The van der Waals surface area contributed by atoms with Crippen LogP contribution in [0.25, 0.3) is 0 Å². The lowest BCUT2D eigenvalue weighted by molar-refractivity contribution is -0.386. The van der Waals surface area contributed by atoms with Crippen LogP contribution < -0.4 is 4.74 Å². The Kier molecular flexibility index (Phi) is 4.59. The highest BCUT2D eigenvalue weighted by molar-refractivity contribution is 9.10. The average molecular weight is 356 g/mol. The van der Waals surface area contributed by atoms with Crippen LogP contribution in [-0.4, -0.2) is 19.6 Å². The van der Waals surface area contributed by atoms with Crippen LogP contribution in [-0.2, 0) is 13.7 Å². The zero-order valence-electron chi connectivity index (χ0n) is 11.5. The lowest BCUT2D eigenvalue weighted by Crippen LogP contribution is -2.07. The van der Waals surface area contributed by atoms with Gasteiger partial charge in [0.15, 0.2) is 0 Å². The van der Waals surface area contributed by atoms with Crippen molar-refractivity contribution >= 4 is 21.6 Å². The number of imidazole rings is 1. The topological polar surface area (TPSA) is 90.4 Å². The third-order valence-corrected chi connectivity index (χ3v) is 3.43. The number of nitro groups is 1. The van der Waals surface area contributed by atoms with Gasteiger partial charge in [0.1, 0.15) is 12.4 Å². The molecule has 0 aliphatic carbocycles. The third kappa shape index (κ3) is 3.40. The van der Waals surface area contributed by atoms with Gasteiger partial charge < -0.3 is 14.4 Å². The summed E-state index contributed by atoms with van der Waals surface area (Å²) in [5.74, 6) is 0.685. The van der Waals surface area contributed by atoms with Crippen molar-refractivity contribution in [3.63, 3.8) is 0 Å². The fourth-order valence-electron chi connectivity index (χ4n) is 1.88. The average Bonchev–Trinajstić information content (AvgIpc) is 2.81. The van der Waals surface area contributed by atoms with E-state index in [-0.39, 0.29) is 18.0 Å². The summed E-state index contributed by atoms with van der Waals surface area (Å²) in [5, 5.41) is 21.0. The van der Waals surface area contributed by atoms with Crippen molar-refractivity contribution in [3.05, 3.63) is 50.5 Å². The summed E-state index contributed by atoms with van der Waals surface area (Å²) in [6.07, 6.45) is 2.48. The molecule has 0 spiro atoms. The zero-order valence-corrected chi connectivity index (χ0v) is 13.1. The molecule has 0 amide bonds. The molecular formula is C13H14BrN3O4. The monoisotopic (exact) mass is 355 g/mol. The molecular weight excluding hydrogens is 342 g/mol. The van der Waals surface area contributed by atoms with E-state index < -0.39 is 11.0 Å². The molecule has 0 bridgehead atoms. The molecule has 1 aromatic carbocycles. The SMILES string of the molecule is CC(O)c1cc(Br)cc([N+](=O)[O-])c1OCc1nccn1C. The molecule has 0 saturated carbocycles. The number of hydrogen-bond acceptors (Lipinski definition) is 5. The highest BCUT2D eigenvalue weighted by atomic mass is 79.9. The second-order valence-electron chi connectivity index (χ2n) is 4.52. The van der Waals surface area contributed by atoms with E-state index in [4.69, 9.17) is 4.74 Å². The summed E-state index contributed by atoms with van der Waals surface area (Å²) >= 11 is 3.20. The molecule has 8 heteroatoms. The molecule has 1 atom stereocenters. The highest BCUT2D eigenvalue weighted by Gasteiger charge is 2.23. The van der Waals surface area contributed by atoms with Gasteiger partial charge in [-0.25, -0.2) is 4.98 Å². The first-order valence-electron chi connectivity index (χ1n) is 6.15. The fourth-order valence-corrected chi connectivity index (χ4v) is 2.34. The minimum atomic E-state index is -0.891. The van der Waals surface area contributed by atoms with E-state index in [9.17, 15) is 15.2 Å². The Labute approximate surface area is 129 Å². The van der Waals surface area contributed by atoms with E-state index in [0.29, 0.717) is 15.9 Å². The number of aromatic nitrogens is 2. The van der Waals surface area contributed by atoms with Crippen LogP contribution >= 0.6 is 15.9 Å². The number of benzene rings is 1. The summed E-state index contributed by atoms with van der Waals surface area (Å²) < 4.78 is 7.83. The molecule has 0 fully saturated rings. The van der Waals surface area contributed by atoms with Crippen LogP contribution in [0.1, 0.15) is 24.4 Å². The summed E-state index contributed by atoms with van der Waals surface area (Å²) in [6.45, 7) is 1.60. The van der Waals surface area contributed by atoms with Gasteiger partial charge in [0, 0.05) is 35.5 Å². The van der Waals surface area contributed by atoms with Crippen molar-refractivity contribution in [2.75, 3.05) is 0 Å². The highest BCUT2D eigenvalue weighted by Crippen LogP contribution is 2.38. The van der Waals surface area contributed by atoms with Gasteiger partial charge in [-0.3, -0.25) is 10.1 Å². The van der Waals surface area contributed by atoms with Crippen molar-refractivity contribution in [1.82, 2.24) is 9.55 Å². The first-order valence-corrected chi connectivity index (χ1v) is 6.94. The van der Waals surface area contributed by atoms with Crippen molar-refractivity contribution in [2.24, 2.45) is 7.05 Å². The first-order chi connectivity index (χ1) is 9.90. The number of nitrogens with zero attached hydrogens (tertiary/aromatic N) is 3. The molecule has 1 unspecified atom stereocenters. The minimum absolute atomic E-state index is 0.0567. The Morgan fingerprint density at radius 3 is 2.81 bits per heavy atom. The molecule has 1 N–H and O–H groups in total. The van der Waals surface area contributed by atoms with Crippen LogP contribution in [0.15, 0.2) is 29.0 Å². The molecule has 21 heavy (non-hydrogen) atoms. The third-order valence-electron chi connectivity index (χ3n) is 2.98. The first kappa shape index (κ1) is 15.5. The van der Waals surface area contributed by atoms with E-state index in [1.54, 1.807) is 30.1 Å². The normalized spacial score (nSPS) is 12.2. The number of hydrogen-bond donors (Lipinski definition) is 1. The van der Waals surface area contributed by atoms with E-state index in [1.807, 2.05) is 0 Å². The Morgan fingerprint density at radius 2 is 2.29 bits per heavy atom. The fraction of sp³-hybridized carbons (Fsp3) is 0.308. The van der Waals surface area contributed by atoms with Gasteiger partial charge in [0.25, 0.3) is 0 Å². The number of aryl methyl sites for hydroxylation is 1. The predicted octanol–water partition coefficient (Wildman–Crippen LogP) is 2.72. The number of halogens is 1. The maximum atomic E-state index is 11.2. The van der Waals surface area contributed by atoms with Gasteiger partial charge in [0.05, 0.1) is 11.0 Å². The standard InChI is InChI=1S/C13H14BrN3O4/c1-8(18)10-5-9(14)6-11(17(19)20)13(10)21-7-12-15-3-4-16(12)2/h3-6,8,18H,7H2,1-2H3. The summed E-state index contributed by atoms with van der Waals surface area (Å²) in [6, 6.07) is 2.95. The lowest BCUT2D eigenvalue weighted by Gasteiger charge is -2.14. The van der Waals surface area contributed by atoms with Crippen LogP contribution in [0.3, 0.4) is 0 Å². The van der Waals surface area contributed by atoms with E-state index >= 15 is 0 Å². The van der Waals surface area contributed by atoms with Crippen molar-refractivity contribution in [3.8, 4) is 5.75 Å². The predicted molar refractivity (Wildman–Crippen MR) is 79.0 cm³/mol. The Balaban J connectivity index is 2.40. The van der Waals surface area contributed by atoms with Gasteiger partial charge >= 0.3 is 5.69 Å². The van der Waals surface area contributed by atoms with Gasteiger partial charge in [-0.05, 0) is 13.0 Å². The quantitative estimate of drug-likeness (QED) is 0.657. The van der Waals surface area contributed by atoms with E-state index in [2.05, 4.69) is 20.9 Å². The van der Waals surface area contributed by atoms with Gasteiger partial charge in [-0.1, -0.05) is 15.9 Å². The number of aliphatic hydroxyl groups is 1. The van der Waals surface area contributed by atoms with Crippen LogP contribution in [0, 0.1) is 10.1 Å². The molecule has 1 aromatic heterocycles. The minimum Gasteiger partial charge on any atom is -0.478 e. The Morgan fingerprint density at radius 1 is 1.57 bits per heavy atom. The van der Waals surface area contributed by atoms with Crippen molar-refractivity contribution in [1.29, 1.82) is 0 Å². The second kappa shape index (κ2) is 6.23. The van der Waals surface area contributed by atoms with E-state index in [1.165, 1.54) is 13.0 Å². The van der Waals surface area contributed by atoms with Crippen molar-refractivity contribution < 1.29 is 14.8 Å².